The first kappa shape index (κ1) is 19.9. The van der Waals surface area contributed by atoms with E-state index in [1.54, 1.807) is 18.0 Å². The fourth-order valence-electron chi connectivity index (χ4n) is 4.08. The van der Waals surface area contributed by atoms with Crippen LogP contribution in [-0.4, -0.2) is 45.4 Å². The Morgan fingerprint density at radius 3 is 2.52 bits per heavy atom. The summed E-state index contributed by atoms with van der Waals surface area (Å²) in [5.41, 5.74) is 0.513. The maximum Gasteiger partial charge on any atom is 0.250 e. The number of hydrogen-bond donors (Lipinski definition) is 1. The Bertz CT molecular complexity index is 899. The van der Waals surface area contributed by atoms with Crippen LogP contribution in [0.5, 0.6) is 0 Å². The molecule has 156 valence electrons. The molecule has 1 aromatic carbocycles. The summed E-state index contributed by atoms with van der Waals surface area (Å²) < 4.78 is 55.6. The number of imidazole rings is 1. The molecule has 2 aliphatic rings. The number of nitrogens with one attached hydrogen (secondary N) is 1. The minimum Gasteiger partial charge on any atom is -0.325 e. The molecule has 0 radical (unpaired) electrons. The zero-order valence-electron chi connectivity index (χ0n) is 16.0. The quantitative estimate of drug-likeness (QED) is 0.781. The lowest BCUT2D eigenvalue weighted by molar-refractivity contribution is -0.124. The van der Waals surface area contributed by atoms with E-state index in [-0.39, 0.29) is 37.9 Å². The number of amides is 1. The van der Waals surface area contributed by atoms with Gasteiger partial charge in [-0.05, 0) is 31.0 Å². The van der Waals surface area contributed by atoms with Gasteiger partial charge < -0.3 is 9.88 Å². The molecule has 4 rings (SSSR count). The highest BCUT2D eigenvalue weighted by Gasteiger charge is 2.37. The van der Waals surface area contributed by atoms with Crippen molar-refractivity contribution in [3.63, 3.8) is 0 Å². The molecule has 1 amide bonds. The van der Waals surface area contributed by atoms with Crippen molar-refractivity contribution in [1.29, 1.82) is 0 Å². The summed E-state index contributed by atoms with van der Waals surface area (Å²) in [7, 11) is 0. The van der Waals surface area contributed by atoms with Crippen molar-refractivity contribution in [2.45, 2.75) is 50.6 Å². The minimum absolute atomic E-state index is 0.161. The van der Waals surface area contributed by atoms with Crippen molar-refractivity contribution in [3.05, 3.63) is 47.4 Å². The minimum atomic E-state index is -2.66. The summed E-state index contributed by atoms with van der Waals surface area (Å²) in [4.78, 5) is 18.7. The number of anilines is 1. The molecule has 0 bridgehead atoms. The highest BCUT2D eigenvalue weighted by Crippen LogP contribution is 2.34. The Kier molecular flexibility index (Phi) is 5.10. The van der Waals surface area contributed by atoms with Crippen LogP contribution in [0.25, 0.3) is 0 Å². The molecule has 1 saturated heterocycles. The van der Waals surface area contributed by atoms with Crippen LogP contribution in [0.2, 0.25) is 0 Å². The smallest absolute Gasteiger partial charge is 0.250 e. The number of rotatable bonds is 4. The number of aryl methyl sites for hydroxylation is 1. The van der Waals surface area contributed by atoms with Crippen molar-refractivity contribution >= 4 is 11.7 Å². The number of carbonyl (C=O) groups is 1. The third-order valence-electron chi connectivity index (χ3n) is 5.76. The summed E-state index contributed by atoms with van der Waals surface area (Å²) in [6.07, 6.45) is 2.43. The largest absolute Gasteiger partial charge is 0.325 e. The number of piperidine rings is 1. The van der Waals surface area contributed by atoms with E-state index in [4.69, 9.17) is 0 Å². The van der Waals surface area contributed by atoms with Gasteiger partial charge in [-0.1, -0.05) is 0 Å². The average Bonchev–Trinajstić information content (AvgIpc) is 3.20. The Morgan fingerprint density at radius 1 is 1.21 bits per heavy atom. The van der Waals surface area contributed by atoms with Gasteiger partial charge in [-0.2, -0.15) is 0 Å². The van der Waals surface area contributed by atoms with Gasteiger partial charge in [0.25, 0.3) is 5.92 Å². The molecule has 29 heavy (non-hydrogen) atoms. The second kappa shape index (κ2) is 7.44. The van der Waals surface area contributed by atoms with E-state index in [1.165, 1.54) is 12.1 Å². The van der Waals surface area contributed by atoms with Gasteiger partial charge in [0.2, 0.25) is 5.91 Å². The summed E-state index contributed by atoms with van der Waals surface area (Å²) in [6, 6.07) is 2.62. The number of fused-ring (bicyclic) bond motifs is 1. The first-order valence-corrected chi connectivity index (χ1v) is 9.68. The molecular weight excluding hydrogens is 388 g/mol. The molecule has 1 N–H and O–H groups in total. The predicted molar refractivity (Wildman–Crippen MR) is 98.9 cm³/mol. The Hall–Kier alpha value is -2.42. The lowest BCUT2D eigenvalue weighted by Gasteiger charge is -2.34. The molecule has 3 heterocycles. The molecule has 2 atom stereocenters. The van der Waals surface area contributed by atoms with Gasteiger partial charge in [-0.15, -0.1) is 0 Å². The predicted octanol–water partition coefficient (Wildman–Crippen LogP) is 3.76. The summed E-state index contributed by atoms with van der Waals surface area (Å²) in [5.74, 6) is -3.18. The van der Waals surface area contributed by atoms with Crippen LogP contribution in [-0.2, 0) is 11.2 Å². The Labute approximate surface area is 165 Å². The molecule has 9 heteroatoms. The van der Waals surface area contributed by atoms with Crippen LogP contribution in [0.1, 0.15) is 43.6 Å². The topological polar surface area (TPSA) is 50.2 Å². The number of aromatic nitrogens is 2. The van der Waals surface area contributed by atoms with Crippen molar-refractivity contribution in [2.24, 2.45) is 0 Å². The van der Waals surface area contributed by atoms with Crippen LogP contribution in [0.4, 0.5) is 23.4 Å². The molecule has 0 saturated carbocycles. The molecular formula is C20H22F4N4O. The fourth-order valence-corrected chi connectivity index (χ4v) is 4.08. The number of hydrogen-bond acceptors (Lipinski definition) is 3. The molecule has 2 aromatic rings. The molecule has 5 nitrogen and oxygen atoms in total. The van der Waals surface area contributed by atoms with Gasteiger partial charge in [-0.25, -0.2) is 22.5 Å². The van der Waals surface area contributed by atoms with E-state index < -0.39 is 23.6 Å². The third kappa shape index (κ3) is 4.14. The number of alkyl halides is 2. The maximum absolute atomic E-state index is 13.6. The van der Waals surface area contributed by atoms with Gasteiger partial charge in [0.15, 0.2) is 5.82 Å². The summed E-state index contributed by atoms with van der Waals surface area (Å²) in [5, 5.41) is 2.74. The fraction of sp³-hybridized carbons (Fsp3) is 0.500. The zero-order chi connectivity index (χ0) is 20.8. The number of carbonyl (C=O) groups excluding carboxylic acids is 1. The van der Waals surface area contributed by atoms with E-state index in [0.29, 0.717) is 24.2 Å². The van der Waals surface area contributed by atoms with Crippen LogP contribution < -0.4 is 5.32 Å². The molecule has 1 fully saturated rings. The number of likely N-dealkylation sites (tertiary alicyclic amines) is 1. The van der Waals surface area contributed by atoms with Crippen LogP contribution in [0, 0.1) is 11.6 Å². The second-order valence-electron chi connectivity index (χ2n) is 7.76. The highest BCUT2D eigenvalue weighted by molar-refractivity contribution is 5.93. The standard InChI is InChI=1S/C20H22F4N4O/c1-12(27-6-4-20(23,24)5-7-27)19(29)26-17-11-28-16(2-3-18(28)25-17)13-8-14(21)10-15(22)9-13/h8-12,16H,2-7H2,1H3,(H,26,29)/t12-,16?/m0/s1. The van der Waals surface area contributed by atoms with Gasteiger partial charge in [-0.3, -0.25) is 9.69 Å². The monoisotopic (exact) mass is 410 g/mol. The van der Waals surface area contributed by atoms with Crippen LogP contribution in [0.3, 0.4) is 0 Å². The first-order valence-electron chi connectivity index (χ1n) is 9.68. The second-order valence-corrected chi connectivity index (χ2v) is 7.76. The number of benzene rings is 1. The third-order valence-corrected chi connectivity index (χ3v) is 5.76. The molecule has 0 aliphatic carbocycles. The lowest BCUT2D eigenvalue weighted by Crippen LogP contribution is -2.48. The Morgan fingerprint density at radius 2 is 1.86 bits per heavy atom. The summed E-state index contributed by atoms with van der Waals surface area (Å²) in [6.45, 7) is 2.00. The number of halogens is 4. The van der Waals surface area contributed by atoms with E-state index in [1.807, 2.05) is 4.57 Å². The van der Waals surface area contributed by atoms with Crippen LogP contribution >= 0.6 is 0 Å². The SMILES string of the molecule is C[C@@H](C(=O)Nc1cn2c(n1)CCC2c1cc(F)cc(F)c1)N1CCC(F)(F)CC1. The van der Waals surface area contributed by atoms with Crippen LogP contribution in [0.15, 0.2) is 24.4 Å². The van der Waals surface area contributed by atoms with E-state index in [9.17, 15) is 22.4 Å². The maximum atomic E-state index is 13.6. The van der Waals surface area contributed by atoms with Crippen molar-refractivity contribution in [2.75, 3.05) is 18.4 Å². The van der Waals surface area contributed by atoms with Crippen molar-refractivity contribution < 1.29 is 22.4 Å². The van der Waals surface area contributed by atoms with Gasteiger partial charge in [0.05, 0.1) is 12.1 Å². The van der Waals surface area contributed by atoms with E-state index in [2.05, 4.69) is 10.3 Å². The van der Waals surface area contributed by atoms with E-state index >= 15 is 0 Å². The normalized spacial score (nSPS) is 22.3. The van der Waals surface area contributed by atoms with Gasteiger partial charge in [0.1, 0.15) is 17.5 Å². The molecule has 2 aliphatic heterocycles. The highest BCUT2D eigenvalue weighted by atomic mass is 19.3. The zero-order valence-corrected chi connectivity index (χ0v) is 16.0. The lowest BCUT2D eigenvalue weighted by atomic mass is 10.0. The molecule has 1 aromatic heterocycles. The van der Waals surface area contributed by atoms with Gasteiger partial charge in [0, 0.05) is 44.6 Å². The van der Waals surface area contributed by atoms with Crippen molar-refractivity contribution in [1.82, 2.24) is 14.5 Å². The van der Waals surface area contributed by atoms with Gasteiger partial charge >= 0.3 is 0 Å². The molecule has 0 spiro atoms. The Balaban J connectivity index is 1.44. The summed E-state index contributed by atoms with van der Waals surface area (Å²) >= 11 is 0. The van der Waals surface area contributed by atoms with Crippen molar-refractivity contribution in [3.8, 4) is 0 Å². The van der Waals surface area contributed by atoms with E-state index in [0.717, 1.165) is 11.9 Å². The average molecular weight is 410 g/mol. The number of nitrogens with zero attached hydrogens (tertiary/aromatic N) is 3. The molecule has 1 unspecified atom stereocenters. The first-order chi connectivity index (χ1) is 13.7.